The molecule has 0 aliphatic heterocycles. The van der Waals surface area contributed by atoms with Crippen LogP contribution in [0.3, 0.4) is 0 Å². The lowest BCUT2D eigenvalue weighted by molar-refractivity contribution is 0.660. The quantitative estimate of drug-likeness (QED) is 0.613. The van der Waals surface area contributed by atoms with Gasteiger partial charge in [-0.1, -0.05) is 37.8 Å². The number of hydrogen-bond acceptors (Lipinski definition) is 0. The largest absolute Gasteiger partial charge is 0.115 e. The molecule has 0 heteroatoms. The Hall–Kier alpha value is -2.44. The molecule has 0 atom stereocenters. The summed E-state index contributed by atoms with van der Waals surface area (Å²) in [5, 5.41) is 0. The van der Waals surface area contributed by atoms with Crippen molar-refractivity contribution < 1.29 is 0 Å². The summed E-state index contributed by atoms with van der Waals surface area (Å²) in [6.45, 7) is 4.44. The van der Waals surface area contributed by atoms with Crippen molar-refractivity contribution >= 4 is 0 Å². The maximum atomic E-state index is 5.51. The molecule has 2 aromatic carbocycles. The molecule has 0 N–H and O–H groups in total. The Morgan fingerprint density at radius 2 is 1.21 bits per heavy atom. The van der Waals surface area contributed by atoms with Gasteiger partial charge in [0, 0.05) is 16.5 Å². The van der Waals surface area contributed by atoms with E-state index in [-0.39, 0.29) is 5.41 Å². The van der Waals surface area contributed by atoms with Crippen molar-refractivity contribution in [1.29, 1.82) is 0 Å². The van der Waals surface area contributed by atoms with E-state index in [0.717, 1.165) is 11.1 Å². The van der Waals surface area contributed by atoms with Gasteiger partial charge in [0.25, 0.3) is 0 Å². The number of benzene rings is 2. The average Bonchev–Trinajstić information content (AvgIpc) is 2.67. The van der Waals surface area contributed by atoms with E-state index in [9.17, 15) is 0 Å². The zero-order valence-electron chi connectivity index (χ0n) is 11.1. The smallest absolute Gasteiger partial charge is 0.0246 e. The summed E-state index contributed by atoms with van der Waals surface area (Å²) in [5.41, 5.74) is 6.91. The molecule has 3 rings (SSSR count). The van der Waals surface area contributed by atoms with Gasteiger partial charge in [0.1, 0.15) is 0 Å². The molecule has 0 saturated heterocycles. The highest BCUT2D eigenvalue weighted by Crippen LogP contribution is 2.48. The van der Waals surface area contributed by atoms with Gasteiger partial charge in [-0.2, -0.15) is 0 Å². The zero-order valence-corrected chi connectivity index (χ0v) is 11.1. The molecule has 1 aliphatic carbocycles. The second-order valence-electron chi connectivity index (χ2n) is 5.43. The van der Waals surface area contributed by atoms with E-state index in [1.807, 2.05) is 12.1 Å². The lowest BCUT2D eigenvalue weighted by Crippen LogP contribution is -2.15. The van der Waals surface area contributed by atoms with Crippen LogP contribution in [0, 0.1) is 24.7 Å². The molecule has 1 aliphatic rings. The van der Waals surface area contributed by atoms with E-state index in [0.29, 0.717) is 0 Å². The van der Waals surface area contributed by atoms with Crippen LogP contribution < -0.4 is 0 Å². The Bertz CT molecular complexity index is 696. The van der Waals surface area contributed by atoms with Crippen LogP contribution in [0.4, 0.5) is 0 Å². The zero-order chi connectivity index (χ0) is 13.6. The summed E-state index contributed by atoms with van der Waals surface area (Å²) in [4.78, 5) is 0. The molecule has 19 heavy (non-hydrogen) atoms. The number of rotatable bonds is 0. The van der Waals surface area contributed by atoms with Crippen molar-refractivity contribution in [3.63, 3.8) is 0 Å². The molecule has 0 amide bonds. The normalized spacial score (nSPS) is 14.1. The fraction of sp³-hybridized carbons (Fsp3) is 0.158. The Morgan fingerprint density at radius 1 is 0.789 bits per heavy atom. The third-order valence-corrected chi connectivity index (χ3v) is 4.01. The second kappa shape index (κ2) is 3.78. The molecule has 0 bridgehead atoms. The van der Waals surface area contributed by atoms with Gasteiger partial charge >= 0.3 is 0 Å². The molecule has 0 radical (unpaired) electrons. The van der Waals surface area contributed by atoms with Crippen molar-refractivity contribution in [3.8, 4) is 35.8 Å². The maximum absolute atomic E-state index is 5.51. The first-order valence-corrected chi connectivity index (χ1v) is 6.30. The van der Waals surface area contributed by atoms with Crippen LogP contribution in [0.15, 0.2) is 36.4 Å². The van der Waals surface area contributed by atoms with Crippen molar-refractivity contribution in [2.24, 2.45) is 0 Å². The third-order valence-electron chi connectivity index (χ3n) is 4.01. The van der Waals surface area contributed by atoms with E-state index < -0.39 is 0 Å². The molecule has 90 valence electrons. The summed E-state index contributed by atoms with van der Waals surface area (Å²) >= 11 is 0. The van der Waals surface area contributed by atoms with Crippen LogP contribution in [-0.2, 0) is 5.41 Å². The highest BCUT2D eigenvalue weighted by molar-refractivity contribution is 5.82. The Kier molecular flexibility index (Phi) is 2.31. The highest BCUT2D eigenvalue weighted by Gasteiger charge is 2.35. The van der Waals surface area contributed by atoms with Gasteiger partial charge in [-0.05, 0) is 46.5 Å². The third kappa shape index (κ3) is 1.51. The lowest BCUT2D eigenvalue weighted by atomic mass is 9.81. The van der Waals surface area contributed by atoms with Crippen molar-refractivity contribution in [1.82, 2.24) is 0 Å². The van der Waals surface area contributed by atoms with E-state index in [2.05, 4.69) is 50.0 Å². The summed E-state index contributed by atoms with van der Waals surface area (Å²) in [6.07, 6.45) is 11.0. The molecular weight excluding hydrogens is 228 g/mol. The molecule has 2 aromatic rings. The van der Waals surface area contributed by atoms with E-state index in [1.165, 1.54) is 22.3 Å². The summed E-state index contributed by atoms with van der Waals surface area (Å²) < 4.78 is 0. The van der Waals surface area contributed by atoms with Gasteiger partial charge in [0.2, 0.25) is 0 Å². The predicted molar refractivity (Wildman–Crippen MR) is 79.9 cm³/mol. The van der Waals surface area contributed by atoms with Crippen LogP contribution in [-0.4, -0.2) is 0 Å². The second-order valence-corrected chi connectivity index (χ2v) is 5.43. The maximum Gasteiger partial charge on any atom is 0.0246 e. The molecule has 0 aromatic heterocycles. The topological polar surface area (TPSA) is 0 Å². The van der Waals surface area contributed by atoms with Gasteiger partial charge in [0.15, 0.2) is 0 Å². The van der Waals surface area contributed by atoms with E-state index >= 15 is 0 Å². The van der Waals surface area contributed by atoms with Crippen LogP contribution in [0.25, 0.3) is 11.1 Å². The standard InChI is InChI=1S/C19H14/c1-5-13-7-9-15-16-10-8-14(6-2)12-18(16)19(3,4)17(15)11-13/h1-2,7-12H,3-4H3. The molecular formula is C19H14. The Balaban J connectivity index is 2.33. The monoisotopic (exact) mass is 242 g/mol. The molecule has 0 heterocycles. The minimum absolute atomic E-state index is 0.0512. The summed E-state index contributed by atoms with van der Waals surface area (Å²) in [6, 6.07) is 12.5. The summed E-state index contributed by atoms with van der Waals surface area (Å²) in [7, 11) is 0. The first kappa shape index (κ1) is 11.6. The minimum Gasteiger partial charge on any atom is -0.115 e. The number of fused-ring (bicyclic) bond motifs is 3. The van der Waals surface area contributed by atoms with Gasteiger partial charge < -0.3 is 0 Å². The fourth-order valence-corrected chi connectivity index (χ4v) is 2.92. The Labute approximate surface area is 114 Å². The van der Waals surface area contributed by atoms with Crippen LogP contribution in [0.2, 0.25) is 0 Å². The number of terminal acetylenes is 2. The first-order valence-electron chi connectivity index (χ1n) is 6.30. The highest BCUT2D eigenvalue weighted by atomic mass is 14.4. The molecule has 0 saturated carbocycles. The first-order chi connectivity index (χ1) is 9.07. The van der Waals surface area contributed by atoms with Crippen molar-refractivity contribution in [2.75, 3.05) is 0 Å². The SMILES string of the molecule is C#Cc1ccc2c(c1)C(C)(C)c1cc(C#C)ccc1-2. The van der Waals surface area contributed by atoms with Crippen LogP contribution in [0.1, 0.15) is 36.1 Å². The van der Waals surface area contributed by atoms with Crippen LogP contribution in [0.5, 0.6) is 0 Å². The van der Waals surface area contributed by atoms with Gasteiger partial charge in [-0.15, -0.1) is 12.8 Å². The van der Waals surface area contributed by atoms with E-state index in [4.69, 9.17) is 12.8 Å². The number of hydrogen-bond donors (Lipinski definition) is 0. The Morgan fingerprint density at radius 3 is 1.58 bits per heavy atom. The molecule has 0 fully saturated rings. The van der Waals surface area contributed by atoms with Crippen LogP contribution >= 0.6 is 0 Å². The van der Waals surface area contributed by atoms with Crippen molar-refractivity contribution in [2.45, 2.75) is 19.3 Å². The van der Waals surface area contributed by atoms with Crippen molar-refractivity contribution in [3.05, 3.63) is 58.7 Å². The predicted octanol–water partition coefficient (Wildman–Crippen LogP) is 3.96. The fourth-order valence-electron chi connectivity index (χ4n) is 2.92. The lowest BCUT2D eigenvalue weighted by Gasteiger charge is -2.21. The van der Waals surface area contributed by atoms with E-state index in [1.54, 1.807) is 0 Å². The molecule has 0 nitrogen and oxygen atoms in total. The van der Waals surface area contributed by atoms with Gasteiger partial charge in [-0.25, -0.2) is 0 Å². The average molecular weight is 242 g/mol. The van der Waals surface area contributed by atoms with Gasteiger partial charge in [0.05, 0.1) is 0 Å². The summed E-state index contributed by atoms with van der Waals surface area (Å²) in [5.74, 6) is 5.42. The van der Waals surface area contributed by atoms with Gasteiger partial charge in [-0.3, -0.25) is 0 Å². The minimum atomic E-state index is -0.0512. The molecule has 0 spiro atoms. The molecule has 0 unspecified atom stereocenters.